The van der Waals surface area contributed by atoms with Crippen LogP contribution >= 0.6 is 0 Å². The first-order valence-electron chi connectivity index (χ1n) is 4.47. The molecule has 0 bridgehead atoms. The summed E-state index contributed by atoms with van der Waals surface area (Å²) in [5, 5.41) is 8.49. The lowest BCUT2D eigenvalue weighted by Crippen LogP contribution is -1.95. The van der Waals surface area contributed by atoms with Crippen LogP contribution in [0.15, 0.2) is 23.3 Å². The lowest BCUT2D eigenvalue weighted by Gasteiger charge is -2.06. The van der Waals surface area contributed by atoms with Gasteiger partial charge in [-0.2, -0.15) is 0 Å². The van der Waals surface area contributed by atoms with Crippen molar-refractivity contribution in [3.63, 3.8) is 0 Å². The van der Waals surface area contributed by atoms with E-state index in [4.69, 9.17) is 5.11 Å². The topological polar surface area (TPSA) is 37.3 Å². The van der Waals surface area contributed by atoms with E-state index in [1.807, 2.05) is 20.8 Å². The van der Waals surface area contributed by atoms with E-state index in [1.165, 1.54) is 11.6 Å². The molecule has 0 aliphatic carbocycles. The van der Waals surface area contributed by atoms with E-state index in [0.29, 0.717) is 5.92 Å². The summed E-state index contributed by atoms with van der Waals surface area (Å²) in [6.07, 6.45) is 4.24. The molecule has 0 aromatic carbocycles. The van der Waals surface area contributed by atoms with E-state index in [0.717, 1.165) is 12.0 Å². The largest absolute Gasteiger partial charge is 0.478 e. The molecule has 0 fully saturated rings. The summed E-state index contributed by atoms with van der Waals surface area (Å²) in [4.78, 5) is 10.3. The first kappa shape index (κ1) is 11.9. The second-order valence-electron chi connectivity index (χ2n) is 3.75. The van der Waals surface area contributed by atoms with E-state index in [1.54, 1.807) is 0 Å². The van der Waals surface area contributed by atoms with Crippen LogP contribution in [0.2, 0.25) is 0 Å². The van der Waals surface area contributed by atoms with Crippen LogP contribution in [0.1, 0.15) is 34.1 Å². The van der Waals surface area contributed by atoms with Crippen LogP contribution in [0.25, 0.3) is 0 Å². The summed E-state index contributed by atoms with van der Waals surface area (Å²) in [5.74, 6) is -0.442. The normalized spacial score (nSPS) is 13.7. The van der Waals surface area contributed by atoms with Crippen LogP contribution in [0.5, 0.6) is 0 Å². The monoisotopic (exact) mass is 182 g/mol. The lowest BCUT2D eigenvalue weighted by atomic mass is 10.00. The molecule has 1 N–H and O–H groups in total. The molecule has 2 heteroatoms. The summed E-state index contributed by atoms with van der Waals surface area (Å²) in [7, 11) is 0. The molecule has 0 spiro atoms. The SMILES string of the molecule is CC(C)=CC(C)CC(C)=CC(=O)O. The zero-order valence-corrected chi connectivity index (χ0v) is 8.79. The van der Waals surface area contributed by atoms with Gasteiger partial charge in [-0.1, -0.05) is 24.1 Å². The van der Waals surface area contributed by atoms with Crippen molar-refractivity contribution >= 4 is 5.97 Å². The Balaban J connectivity index is 4.14. The van der Waals surface area contributed by atoms with E-state index >= 15 is 0 Å². The highest BCUT2D eigenvalue weighted by molar-refractivity contribution is 5.80. The van der Waals surface area contributed by atoms with Gasteiger partial charge in [0, 0.05) is 6.08 Å². The fourth-order valence-corrected chi connectivity index (χ4v) is 1.41. The Labute approximate surface area is 80.0 Å². The minimum absolute atomic E-state index is 0.417. The Kier molecular flexibility index (Phi) is 5.12. The Bertz CT molecular complexity index is 232. The van der Waals surface area contributed by atoms with Gasteiger partial charge in [-0.15, -0.1) is 0 Å². The van der Waals surface area contributed by atoms with Crippen molar-refractivity contribution in [1.29, 1.82) is 0 Å². The molecule has 0 saturated heterocycles. The number of rotatable bonds is 4. The van der Waals surface area contributed by atoms with Crippen LogP contribution < -0.4 is 0 Å². The lowest BCUT2D eigenvalue weighted by molar-refractivity contribution is -0.131. The molecule has 1 atom stereocenters. The molecule has 1 unspecified atom stereocenters. The average molecular weight is 182 g/mol. The van der Waals surface area contributed by atoms with Gasteiger partial charge in [0.15, 0.2) is 0 Å². The van der Waals surface area contributed by atoms with E-state index in [-0.39, 0.29) is 0 Å². The molecular formula is C11H18O2. The van der Waals surface area contributed by atoms with Crippen LogP contribution in [-0.4, -0.2) is 11.1 Å². The molecule has 0 heterocycles. The van der Waals surface area contributed by atoms with Crippen molar-refractivity contribution in [3.8, 4) is 0 Å². The van der Waals surface area contributed by atoms with Crippen molar-refractivity contribution in [1.82, 2.24) is 0 Å². The highest BCUT2D eigenvalue weighted by Gasteiger charge is 2.00. The van der Waals surface area contributed by atoms with Crippen molar-refractivity contribution in [2.75, 3.05) is 0 Å². The number of allylic oxidation sites excluding steroid dienone is 3. The Morgan fingerprint density at radius 2 is 1.92 bits per heavy atom. The number of carbonyl (C=O) groups is 1. The Morgan fingerprint density at radius 1 is 1.38 bits per heavy atom. The summed E-state index contributed by atoms with van der Waals surface area (Å²) in [6, 6.07) is 0. The first-order chi connectivity index (χ1) is 5.91. The predicted molar refractivity (Wildman–Crippen MR) is 54.6 cm³/mol. The van der Waals surface area contributed by atoms with Gasteiger partial charge in [0.1, 0.15) is 0 Å². The third kappa shape index (κ3) is 7.32. The van der Waals surface area contributed by atoms with Crippen LogP contribution in [0, 0.1) is 5.92 Å². The second kappa shape index (κ2) is 5.57. The summed E-state index contributed by atoms with van der Waals surface area (Å²) < 4.78 is 0. The molecule has 0 aliphatic rings. The Morgan fingerprint density at radius 3 is 2.31 bits per heavy atom. The maximum Gasteiger partial charge on any atom is 0.328 e. The van der Waals surface area contributed by atoms with Gasteiger partial charge in [0.2, 0.25) is 0 Å². The van der Waals surface area contributed by atoms with Gasteiger partial charge < -0.3 is 5.11 Å². The molecular weight excluding hydrogens is 164 g/mol. The molecule has 13 heavy (non-hydrogen) atoms. The van der Waals surface area contributed by atoms with Gasteiger partial charge in [0.05, 0.1) is 0 Å². The highest BCUT2D eigenvalue weighted by atomic mass is 16.4. The Hall–Kier alpha value is -1.05. The van der Waals surface area contributed by atoms with E-state index in [9.17, 15) is 4.79 Å². The quantitative estimate of drug-likeness (QED) is 0.536. The van der Waals surface area contributed by atoms with E-state index < -0.39 is 5.97 Å². The molecule has 74 valence electrons. The van der Waals surface area contributed by atoms with Crippen LogP contribution in [-0.2, 0) is 4.79 Å². The van der Waals surface area contributed by atoms with Gasteiger partial charge in [-0.3, -0.25) is 0 Å². The zero-order chi connectivity index (χ0) is 10.4. The van der Waals surface area contributed by atoms with Crippen molar-refractivity contribution < 1.29 is 9.90 Å². The van der Waals surface area contributed by atoms with Crippen LogP contribution in [0.3, 0.4) is 0 Å². The van der Waals surface area contributed by atoms with Gasteiger partial charge in [-0.05, 0) is 33.1 Å². The zero-order valence-electron chi connectivity index (χ0n) is 8.79. The summed E-state index contributed by atoms with van der Waals surface area (Å²) in [5.41, 5.74) is 2.19. The fourth-order valence-electron chi connectivity index (χ4n) is 1.41. The smallest absolute Gasteiger partial charge is 0.328 e. The van der Waals surface area contributed by atoms with Crippen molar-refractivity contribution in [2.24, 2.45) is 5.92 Å². The minimum atomic E-state index is -0.859. The van der Waals surface area contributed by atoms with E-state index in [2.05, 4.69) is 13.0 Å². The average Bonchev–Trinajstić information content (AvgIpc) is 1.80. The standard InChI is InChI=1S/C11H18O2/c1-8(2)5-9(3)6-10(4)7-11(12)13/h5,7,9H,6H2,1-4H3,(H,12,13). The number of hydrogen-bond acceptors (Lipinski definition) is 1. The molecule has 0 amide bonds. The molecule has 0 aliphatic heterocycles. The third-order valence-corrected chi connectivity index (χ3v) is 1.63. The number of hydrogen-bond donors (Lipinski definition) is 1. The molecule has 0 aromatic rings. The maximum atomic E-state index is 10.3. The molecule has 0 rings (SSSR count). The first-order valence-corrected chi connectivity index (χ1v) is 4.47. The molecule has 0 aromatic heterocycles. The number of carboxylic acids is 1. The fraction of sp³-hybridized carbons (Fsp3) is 0.545. The van der Waals surface area contributed by atoms with Gasteiger partial charge in [0.25, 0.3) is 0 Å². The second-order valence-corrected chi connectivity index (χ2v) is 3.75. The van der Waals surface area contributed by atoms with Crippen molar-refractivity contribution in [3.05, 3.63) is 23.3 Å². The maximum absolute atomic E-state index is 10.3. The van der Waals surface area contributed by atoms with Crippen LogP contribution in [0.4, 0.5) is 0 Å². The summed E-state index contributed by atoms with van der Waals surface area (Å²) in [6.45, 7) is 8.04. The molecule has 2 nitrogen and oxygen atoms in total. The van der Waals surface area contributed by atoms with Crippen molar-refractivity contribution in [2.45, 2.75) is 34.1 Å². The third-order valence-electron chi connectivity index (χ3n) is 1.63. The summed E-state index contributed by atoms with van der Waals surface area (Å²) >= 11 is 0. The number of carboxylic acid groups (broad SMARTS) is 1. The van der Waals surface area contributed by atoms with Gasteiger partial charge in [-0.25, -0.2) is 4.79 Å². The predicted octanol–water partition coefficient (Wildman–Crippen LogP) is 3.01. The van der Waals surface area contributed by atoms with Gasteiger partial charge >= 0.3 is 5.97 Å². The number of aliphatic carboxylic acids is 1. The minimum Gasteiger partial charge on any atom is -0.478 e. The molecule has 0 radical (unpaired) electrons. The molecule has 0 saturated carbocycles. The highest BCUT2D eigenvalue weighted by Crippen LogP contribution is 2.13.